The second kappa shape index (κ2) is 56.7. The minimum Gasteiger partial charge on any atom is -0.394 e. The Hall–Kier alpha value is -1.27. The summed E-state index contributed by atoms with van der Waals surface area (Å²) in [6.45, 7) is 2.82. The Bertz CT molecular complexity index is 1470. The maximum Gasteiger partial charge on any atom is 0.220 e. The van der Waals surface area contributed by atoms with Gasteiger partial charge in [-0.15, -0.1) is 0 Å². The molecule has 9 N–H and O–H groups in total. The summed E-state index contributed by atoms with van der Waals surface area (Å²) in [5.74, 6) is -0.233. The Balaban J connectivity index is 1.50. The number of ether oxygens (including phenoxy) is 4. The first-order valence-electron chi connectivity index (χ1n) is 36.4. The van der Waals surface area contributed by atoms with E-state index in [4.69, 9.17) is 18.9 Å². The van der Waals surface area contributed by atoms with Gasteiger partial charge >= 0.3 is 0 Å². The number of hydrogen-bond acceptors (Lipinski definition) is 13. The monoisotopic (exact) mass is 1210 g/mol. The lowest BCUT2D eigenvalue weighted by Crippen LogP contribution is -2.65. The summed E-state index contributed by atoms with van der Waals surface area (Å²) in [7, 11) is 0. The average Bonchev–Trinajstić information content (AvgIpc) is 2.46. The molecule has 0 aromatic carbocycles. The highest BCUT2D eigenvalue weighted by Gasteiger charge is 2.51. The van der Waals surface area contributed by atoms with Gasteiger partial charge in [-0.05, 0) is 19.3 Å². The lowest BCUT2D eigenvalue weighted by molar-refractivity contribution is -0.359. The summed E-state index contributed by atoms with van der Waals surface area (Å²) in [5.41, 5.74) is 0. The molecule has 14 heteroatoms. The minimum absolute atomic E-state index is 0.233. The van der Waals surface area contributed by atoms with Crippen molar-refractivity contribution in [2.75, 3.05) is 19.8 Å². The van der Waals surface area contributed by atoms with Crippen molar-refractivity contribution >= 4 is 5.91 Å². The number of aliphatic hydroxyl groups excluding tert-OH is 8. The zero-order chi connectivity index (χ0) is 61.6. The fraction of sp³-hybridized carbons (Fsp3) is 0.958. The molecule has 2 fully saturated rings. The topological polar surface area (TPSA) is 228 Å². The number of carbonyl (C=O) groups excluding carboxylic acids is 1. The predicted molar refractivity (Wildman–Crippen MR) is 346 cm³/mol. The first kappa shape index (κ1) is 79.8. The van der Waals surface area contributed by atoms with Gasteiger partial charge in [-0.3, -0.25) is 4.79 Å². The van der Waals surface area contributed by atoms with E-state index in [9.17, 15) is 45.6 Å². The highest BCUT2D eigenvalue weighted by atomic mass is 16.7. The molecule has 0 aromatic rings. The van der Waals surface area contributed by atoms with E-state index in [1.165, 1.54) is 276 Å². The number of amides is 1. The molecule has 0 saturated carbocycles. The highest BCUT2D eigenvalue weighted by molar-refractivity contribution is 5.76. The number of rotatable bonds is 61. The second-order valence-corrected chi connectivity index (χ2v) is 26.1. The molecule has 14 nitrogen and oxygen atoms in total. The minimum atomic E-state index is -1.79. The molecule has 0 aromatic heterocycles. The molecule has 85 heavy (non-hydrogen) atoms. The second-order valence-electron chi connectivity index (χ2n) is 26.1. The summed E-state index contributed by atoms with van der Waals surface area (Å²) >= 11 is 0. The van der Waals surface area contributed by atoms with Gasteiger partial charge in [0.2, 0.25) is 5.91 Å². The van der Waals surface area contributed by atoms with Crippen LogP contribution in [0.2, 0.25) is 0 Å². The lowest BCUT2D eigenvalue weighted by atomic mass is 9.97. The summed E-state index contributed by atoms with van der Waals surface area (Å²) < 4.78 is 22.8. The molecular weight excluding hydrogens is 1070 g/mol. The van der Waals surface area contributed by atoms with Gasteiger partial charge < -0.3 is 65.1 Å². The average molecular weight is 1210 g/mol. The van der Waals surface area contributed by atoms with Crippen LogP contribution in [0.1, 0.15) is 341 Å². The van der Waals surface area contributed by atoms with Crippen molar-refractivity contribution < 1.29 is 64.6 Å². The lowest BCUT2D eigenvalue weighted by Gasteiger charge is -2.46. The zero-order valence-corrected chi connectivity index (χ0v) is 54.9. The van der Waals surface area contributed by atoms with E-state index in [1.807, 2.05) is 6.08 Å². The molecular formula is C71H137NO13. The molecule has 504 valence electrons. The summed E-state index contributed by atoms with van der Waals surface area (Å²) in [4.78, 5) is 13.3. The third-order valence-corrected chi connectivity index (χ3v) is 18.2. The van der Waals surface area contributed by atoms with Crippen LogP contribution in [0.4, 0.5) is 0 Å². The van der Waals surface area contributed by atoms with E-state index >= 15 is 0 Å². The first-order valence-corrected chi connectivity index (χ1v) is 36.4. The molecule has 2 aliphatic heterocycles. The summed E-state index contributed by atoms with van der Waals surface area (Å²) in [5, 5.41) is 87.1. The Morgan fingerprint density at radius 1 is 0.412 bits per heavy atom. The fourth-order valence-electron chi connectivity index (χ4n) is 12.4. The SMILES string of the molecule is CCCCCCCCCCC/C=C/C(O)C(COC1OC(CO)C(OC2OC(CO)C(O)C(O)C2O)C(O)C1O)NC(=O)CCCCCCCCCCCCCCCCCCCCCCCCCCCCCCCCCCCCCCCCCC. The van der Waals surface area contributed by atoms with Gasteiger partial charge in [0, 0.05) is 6.42 Å². The van der Waals surface area contributed by atoms with Crippen LogP contribution in [-0.2, 0) is 23.7 Å². The Morgan fingerprint density at radius 3 is 1.08 bits per heavy atom. The molecule has 2 saturated heterocycles. The van der Waals surface area contributed by atoms with E-state index < -0.39 is 86.8 Å². The first-order chi connectivity index (χ1) is 41.6. The van der Waals surface area contributed by atoms with Gasteiger partial charge in [0.05, 0.1) is 32.0 Å². The standard InChI is InChI=1S/C71H137NO13/c1-3-5-7-9-11-13-15-16-17-18-19-20-21-22-23-24-25-26-27-28-29-30-31-32-33-34-35-36-37-38-39-40-41-42-43-45-47-49-51-53-55-63(76)72-59(60(75)54-52-50-48-46-44-14-12-10-8-6-4-2)58-82-70-68(81)66(79)69(62(57-74)84-70)85-71-67(80)65(78)64(77)61(56-73)83-71/h52,54,59-62,64-71,73-75,77-81H,3-51,53,55-58H2,1-2H3,(H,72,76)/b54-52+. The van der Waals surface area contributed by atoms with E-state index in [2.05, 4.69) is 19.2 Å². The molecule has 12 unspecified atom stereocenters. The summed E-state index contributed by atoms with van der Waals surface area (Å²) in [6.07, 6.45) is 53.3. The van der Waals surface area contributed by atoms with Crippen LogP contribution in [0.5, 0.6) is 0 Å². The van der Waals surface area contributed by atoms with Crippen LogP contribution in [0.3, 0.4) is 0 Å². The van der Waals surface area contributed by atoms with E-state index in [-0.39, 0.29) is 18.9 Å². The molecule has 12 atom stereocenters. The van der Waals surface area contributed by atoms with Crippen molar-refractivity contribution in [1.82, 2.24) is 5.32 Å². The quantitative estimate of drug-likeness (QED) is 0.0204. The van der Waals surface area contributed by atoms with E-state index in [0.717, 1.165) is 38.5 Å². The van der Waals surface area contributed by atoms with Crippen molar-refractivity contribution in [3.8, 4) is 0 Å². The summed E-state index contributed by atoms with van der Waals surface area (Å²) in [6, 6.07) is -0.909. The van der Waals surface area contributed by atoms with Crippen LogP contribution in [0, 0.1) is 0 Å². The molecule has 0 bridgehead atoms. The van der Waals surface area contributed by atoms with Gasteiger partial charge in [0.25, 0.3) is 0 Å². The number of aliphatic hydroxyl groups is 8. The number of nitrogens with one attached hydrogen (secondary N) is 1. The normalized spacial score (nSPS) is 23.5. The molecule has 2 aliphatic rings. The van der Waals surface area contributed by atoms with Crippen LogP contribution in [0.25, 0.3) is 0 Å². The van der Waals surface area contributed by atoms with Crippen molar-refractivity contribution in [3.05, 3.63) is 12.2 Å². The number of unbranched alkanes of at least 4 members (excludes halogenated alkanes) is 48. The number of allylic oxidation sites excluding steroid dienone is 1. The largest absolute Gasteiger partial charge is 0.394 e. The van der Waals surface area contributed by atoms with Crippen molar-refractivity contribution in [3.63, 3.8) is 0 Å². The van der Waals surface area contributed by atoms with Crippen molar-refractivity contribution in [1.29, 1.82) is 0 Å². The Morgan fingerprint density at radius 2 is 0.729 bits per heavy atom. The van der Waals surface area contributed by atoms with Crippen molar-refractivity contribution in [2.45, 2.75) is 415 Å². The van der Waals surface area contributed by atoms with Crippen LogP contribution in [0.15, 0.2) is 12.2 Å². The Kier molecular flexibility index (Phi) is 53.2. The molecule has 2 rings (SSSR count). The van der Waals surface area contributed by atoms with Crippen molar-refractivity contribution in [2.24, 2.45) is 0 Å². The molecule has 2 heterocycles. The molecule has 1 amide bonds. The third kappa shape index (κ3) is 41.0. The number of hydrogen-bond donors (Lipinski definition) is 9. The Labute approximate surface area is 520 Å². The highest BCUT2D eigenvalue weighted by Crippen LogP contribution is 2.30. The number of carbonyl (C=O) groups is 1. The maximum atomic E-state index is 13.3. The maximum absolute atomic E-state index is 13.3. The molecule has 0 spiro atoms. The zero-order valence-electron chi connectivity index (χ0n) is 54.9. The van der Waals surface area contributed by atoms with Crippen LogP contribution >= 0.6 is 0 Å². The third-order valence-electron chi connectivity index (χ3n) is 18.2. The van der Waals surface area contributed by atoms with Gasteiger partial charge in [-0.25, -0.2) is 0 Å². The van der Waals surface area contributed by atoms with E-state index in [0.29, 0.717) is 6.42 Å². The predicted octanol–water partition coefficient (Wildman–Crippen LogP) is 15.0. The molecule has 0 radical (unpaired) electrons. The smallest absolute Gasteiger partial charge is 0.220 e. The van der Waals surface area contributed by atoms with Gasteiger partial charge in [0.15, 0.2) is 12.6 Å². The molecule has 0 aliphatic carbocycles. The van der Waals surface area contributed by atoms with Crippen LogP contribution < -0.4 is 5.32 Å². The van der Waals surface area contributed by atoms with Gasteiger partial charge in [-0.1, -0.05) is 328 Å². The van der Waals surface area contributed by atoms with E-state index in [1.54, 1.807) is 6.08 Å². The van der Waals surface area contributed by atoms with Gasteiger partial charge in [0.1, 0.15) is 48.8 Å². The van der Waals surface area contributed by atoms with Crippen LogP contribution in [-0.4, -0.2) is 140 Å². The fourth-order valence-corrected chi connectivity index (χ4v) is 12.4. The van der Waals surface area contributed by atoms with Gasteiger partial charge in [-0.2, -0.15) is 0 Å².